The number of nitrogens with zero attached hydrogens (tertiary/aromatic N) is 2. The molecule has 2 aliphatic rings. The fourth-order valence-electron chi connectivity index (χ4n) is 2.99. The second-order valence-corrected chi connectivity index (χ2v) is 6.17. The lowest BCUT2D eigenvalue weighted by Crippen LogP contribution is -2.50. The normalized spacial score (nSPS) is 26.6. The van der Waals surface area contributed by atoms with E-state index >= 15 is 0 Å². The van der Waals surface area contributed by atoms with E-state index in [1.165, 1.54) is 5.56 Å². The molecule has 1 N–H and O–H groups in total. The molecule has 0 radical (unpaired) electrons. The summed E-state index contributed by atoms with van der Waals surface area (Å²) in [5.74, 6) is 1.27. The summed E-state index contributed by atoms with van der Waals surface area (Å²) in [6, 6.07) is 4.60. The maximum absolute atomic E-state index is 12.1. The van der Waals surface area contributed by atoms with Crippen molar-refractivity contribution in [2.75, 3.05) is 13.1 Å². The molecule has 108 valence electrons. The van der Waals surface area contributed by atoms with Crippen molar-refractivity contribution in [3.63, 3.8) is 0 Å². The number of amides is 1. The van der Waals surface area contributed by atoms with Gasteiger partial charge >= 0.3 is 0 Å². The second-order valence-electron chi connectivity index (χ2n) is 6.17. The van der Waals surface area contributed by atoms with Gasteiger partial charge in [-0.15, -0.1) is 0 Å². The Bertz CT molecular complexity index is 458. The van der Waals surface area contributed by atoms with Crippen LogP contribution in [0.5, 0.6) is 0 Å². The van der Waals surface area contributed by atoms with Crippen LogP contribution in [0.3, 0.4) is 0 Å². The first kappa shape index (κ1) is 13.6. The van der Waals surface area contributed by atoms with Crippen molar-refractivity contribution in [1.82, 2.24) is 15.2 Å². The smallest absolute Gasteiger partial charge is 0.225 e. The molecule has 0 bridgehead atoms. The Hall–Kier alpha value is -1.42. The van der Waals surface area contributed by atoms with Gasteiger partial charge in [-0.1, -0.05) is 6.92 Å². The number of piperidine rings is 1. The summed E-state index contributed by atoms with van der Waals surface area (Å²) in [7, 11) is 0. The summed E-state index contributed by atoms with van der Waals surface area (Å²) < 4.78 is 0. The molecule has 1 saturated heterocycles. The Morgan fingerprint density at radius 2 is 2.10 bits per heavy atom. The standard InChI is InChI=1S/C16H23N3O/c1-12-11-19(16(20)14-2-3-14)9-6-15(12)18-10-13-4-7-17-8-5-13/h4-5,7-8,12,14-15,18H,2-3,6,9-11H2,1H3/t12-,15-/m0/s1. The zero-order valence-electron chi connectivity index (χ0n) is 12.1. The van der Waals surface area contributed by atoms with Crippen LogP contribution in [0.4, 0.5) is 0 Å². The highest BCUT2D eigenvalue weighted by atomic mass is 16.2. The zero-order chi connectivity index (χ0) is 13.9. The van der Waals surface area contributed by atoms with E-state index in [-0.39, 0.29) is 0 Å². The average molecular weight is 273 g/mol. The predicted octanol–water partition coefficient (Wildman–Crippen LogP) is 1.82. The van der Waals surface area contributed by atoms with Crippen molar-refractivity contribution in [2.45, 2.75) is 38.8 Å². The highest BCUT2D eigenvalue weighted by molar-refractivity contribution is 5.81. The van der Waals surface area contributed by atoms with E-state index in [2.05, 4.69) is 22.1 Å². The Morgan fingerprint density at radius 3 is 2.75 bits per heavy atom. The third-order valence-corrected chi connectivity index (χ3v) is 4.46. The van der Waals surface area contributed by atoms with Crippen molar-refractivity contribution in [3.05, 3.63) is 30.1 Å². The topological polar surface area (TPSA) is 45.2 Å². The summed E-state index contributed by atoms with van der Waals surface area (Å²) in [4.78, 5) is 18.2. The lowest BCUT2D eigenvalue weighted by molar-refractivity contribution is -0.134. The van der Waals surface area contributed by atoms with Crippen molar-refractivity contribution in [2.24, 2.45) is 11.8 Å². The minimum atomic E-state index is 0.350. The molecule has 0 spiro atoms. The Morgan fingerprint density at radius 1 is 1.35 bits per heavy atom. The van der Waals surface area contributed by atoms with Gasteiger partial charge in [0.2, 0.25) is 5.91 Å². The number of hydrogen-bond donors (Lipinski definition) is 1. The monoisotopic (exact) mass is 273 g/mol. The molecule has 1 aliphatic carbocycles. The van der Waals surface area contributed by atoms with Crippen LogP contribution in [-0.2, 0) is 11.3 Å². The maximum Gasteiger partial charge on any atom is 0.225 e. The van der Waals surface area contributed by atoms with E-state index in [0.717, 1.165) is 38.9 Å². The van der Waals surface area contributed by atoms with Gasteiger partial charge in [0.1, 0.15) is 0 Å². The summed E-state index contributed by atoms with van der Waals surface area (Å²) in [5.41, 5.74) is 1.27. The number of nitrogens with one attached hydrogen (secondary N) is 1. The van der Waals surface area contributed by atoms with Gasteiger partial charge in [-0.05, 0) is 42.9 Å². The van der Waals surface area contributed by atoms with Crippen molar-refractivity contribution >= 4 is 5.91 Å². The first-order valence-electron chi connectivity index (χ1n) is 7.65. The first-order chi connectivity index (χ1) is 9.74. The predicted molar refractivity (Wildman–Crippen MR) is 77.9 cm³/mol. The molecule has 2 fully saturated rings. The van der Waals surface area contributed by atoms with E-state index in [1.807, 2.05) is 24.5 Å². The van der Waals surface area contributed by atoms with Gasteiger partial charge in [0.25, 0.3) is 0 Å². The van der Waals surface area contributed by atoms with Crippen LogP contribution < -0.4 is 5.32 Å². The fourth-order valence-corrected chi connectivity index (χ4v) is 2.99. The Balaban J connectivity index is 1.48. The third kappa shape index (κ3) is 3.18. The van der Waals surface area contributed by atoms with E-state index in [4.69, 9.17) is 0 Å². The molecule has 1 aliphatic heterocycles. The number of rotatable bonds is 4. The fraction of sp³-hybridized carbons (Fsp3) is 0.625. The molecule has 0 aromatic carbocycles. The van der Waals surface area contributed by atoms with E-state index < -0.39 is 0 Å². The molecule has 2 atom stereocenters. The quantitative estimate of drug-likeness (QED) is 0.910. The summed E-state index contributed by atoms with van der Waals surface area (Å²) in [6.45, 7) is 4.95. The van der Waals surface area contributed by atoms with Gasteiger partial charge in [-0.3, -0.25) is 9.78 Å². The van der Waals surface area contributed by atoms with Gasteiger partial charge in [0.05, 0.1) is 0 Å². The highest BCUT2D eigenvalue weighted by Crippen LogP contribution is 2.32. The highest BCUT2D eigenvalue weighted by Gasteiger charge is 2.36. The van der Waals surface area contributed by atoms with Gasteiger partial charge in [-0.25, -0.2) is 0 Å². The van der Waals surface area contributed by atoms with Gasteiger partial charge in [0, 0.05) is 44.0 Å². The third-order valence-electron chi connectivity index (χ3n) is 4.46. The van der Waals surface area contributed by atoms with Gasteiger partial charge in [-0.2, -0.15) is 0 Å². The van der Waals surface area contributed by atoms with Crippen LogP contribution in [0.2, 0.25) is 0 Å². The lowest BCUT2D eigenvalue weighted by atomic mass is 9.93. The largest absolute Gasteiger partial charge is 0.342 e. The number of carbonyl (C=O) groups is 1. The van der Waals surface area contributed by atoms with Crippen molar-refractivity contribution in [1.29, 1.82) is 0 Å². The molecule has 4 heteroatoms. The molecule has 1 amide bonds. The molecule has 20 heavy (non-hydrogen) atoms. The summed E-state index contributed by atoms with van der Waals surface area (Å²) in [5, 5.41) is 3.63. The molecule has 1 aromatic rings. The van der Waals surface area contributed by atoms with Crippen molar-refractivity contribution in [3.8, 4) is 0 Å². The van der Waals surface area contributed by atoms with Crippen LogP contribution in [0, 0.1) is 11.8 Å². The minimum Gasteiger partial charge on any atom is -0.342 e. The maximum atomic E-state index is 12.1. The second kappa shape index (κ2) is 5.92. The van der Waals surface area contributed by atoms with Crippen LogP contribution in [-0.4, -0.2) is 34.9 Å². The van der Waals surface area contributed by atoms with Gasteiger partial charge in [0.15, 0.2) is 0 Å². The molecular weight excluding hydrogens is 250 g/mol. The molecular formula is C16H23N3O. The van der Waals surface area contributed by atoms with E-state index in [9.17, 15) is 4.79 Å². The number of likely N-dealkylation sites (tertiary alicyclic amines) is 1. The minimum absolute atomic E-state index is 0.350. The van der Waals surface area contributed by atoms with E-state index in [1.54, 1.807) is 0 Å². The van der Waals surface area contributed by atoms with Gasteiger partial charge < -0.3 is 10.2 Å². The molecule has 3 rings (SSSR count). The first-order valence-corrected chi connectivity index (χ1v) is 7.65. The Kier molecular flexibility index (Phi) is 4.01. The summed E-state index contributed by atoms with van der Waals surface area (Å²) in [6.07, 6.45) is 6.93. The van der Waals surface area contributed by atoms with Crippen molar-refractivity contribution < 1.29 is 4.79 Å². The number of aromatic nitrogens is 1. The average Bonchev–Trinajstić information content (AvgIpc) is 3.31. The Labute approximate surface area is 120 Å². The summed E-state index contributed by atoms with van der Waals surface area (Å²) >= 11 is 0. The zero-order valence-corrected chi connectivity index (χ0v) is 12.1. The molecule has 4 nitrogen and oxygen atoms in total. The molecule has 2 heterocycles. The lowest BCUT2D eigenvalue weighted by Gasteiger charge is -2.37. The molecule has 0 unspecified atom stereocenters. The number of hydrogen-bond acceptors (Lipinski definition) is 3. The van der Waals surface area contributed by atoms with Crippen LogP contribution in [0.25, 0.3) is 0 Å². The van der Waals surface area contributed by atoms with Crippen LogP contribution >= 0.6 is 0 Å². The SMILES string of the molecule is C[C@H]1CN(C(=O)C2CC2)CC[C@@H]1NCc1ccncc1. The molecule has 1 aromatic heterocycles. The number of carbonyl (C=O) groups excluding carboxylic acids is 1. The number of pyridine rings is 1. The molecule has 1 saturated carbocycles. The van der Waals surface area contributed by atoms with E-state index in [0.29, 0.717) is 23.8 Å². The van der Waals surface area contributed by atoms with Crippen LogP contribution in [0.1, 0.15) is 31.7 Å². The van der Waals surface area contributed by atoms with Crippen LogP contribution in [0.15, 0.2) is 24.5 Å².